The second-order valence-electron chi connectivity index (χ2n) is 7.18. The number of hydrogen-bond acceptors (Lipinski definition) is 3. The second-order valence-corrected chi connectivity index (χ2v) is 8.10. The summed E-state index contributed by atoms with van der Waals surface area (Å²) < 4.78 is 3.65. The zero-order chi connectivity index (χ0) is 15.4. The third kappa shape index (κ3) is 2.64. The van der Waals surface area contributed by atoms with Gasteiger partial charge in [0, 0.05) is 29.0 Å². The number of aromatic nitrogens is 3. The van der Waals surface area contributed by atoms with Crippen molar-refractivity contribution in [2.24, 2.45) is 0 Å². The highest BCUT2D eigenvalue weighted by molar-refractivity contribution is 9.10. The molecule has 2 aliphatic carbocycles. The molecule has 3 aliphatic rings. The third-order valence-electron chi connectivity index (χ3n) is 5.36. The van der Waals surface area contributed by atoms with E-state index >= 15 is 0 Å². The Kier molecular flexibility index (Phi) is 3.34. The van der Waals surface area contributed by atoms with Gasteiger partial charge in [0.2, 0.25) is 0 Å². The first kappa shape index (κ1) is 14.2. The number of benzene rings is 1. The van der Waals surface area contributed by atoms with Gasteiger partial charge >= 0.3 is 0 Å². The van der Waals surface area contributed by atoms with E-state index in [1.807, 2.05) is 0 Å². The molecule has 2 aromatic rings. The maximum atomic E-state index is 4.57. The van der Waals surface area contributed by atoms with Crippen molar-refractivity contribution in [3.8, 4) is 0 Å². The van der Waals surface area contributed by atoms with Gasteiger partial charge in [0.05, 0.1) is 6.54 Å². The second kappa shape index (κ2) is 5.42. The highest BCUT2D eigenvalue weighted by atomic mass is 79.9. The average molecular weight is 373 g/mol. The molecule has 2 saturated carbocycles. The monoisotopic (exact) mass is 372 g/mol. The zero-order valence-electron chi connectivity index (χ0n) is 13.2. The standard InChI is InChI=1S/C18H21BrN4/c19-14-3-1-2-13(10-14)16-8-9-22(16)11-17-20-21-18(12-4-5-12)23(17)15-6-7-15/h1-3,10,12,15-16H,4-9,11H2/t16-/m0/s1. The molecule has 0 radical (unpaired) electrons. The van der Waals surface area contributed by atoms with Crippen molar-refractivity contribution < 1.29 is 0 Å². The summed E-state index contributed by atoms with van der Waals surface area (Å²) in [5.74, 6) is 3.14. The molecular formula is C18H21BrN4. The summed E-state index contributed by atoms with van der Waals surface area (Å²) in [6.07, 6.45) is 6.45. The van der Waals surface area contributed by atoms with Gasteiger partial charge in [0.1, 0.15) is 11.6 Å². The maximum Gasteiger partial charge on any atom is 0.147 e. The molecule has 5 heteroatoms. The molecule has 4 nitrogen and oxygen atoms in total. The smallest absolute Gasteiger partial charge is 0.147 e. The molecule has 3 fully saturated rings. The fourth-order valence-electron chi connectivity index (χ4n) is 3.70. The quantitative estimate of drug-likeness (QED) is 0.788. The maximum absolute atomic E-state index is 4.57. The topological polar surface area (TPSA) is 34.0 Å². The number of nitrogens with zero attached hydrogens (tertiary/aromatic N) is 4. The van der Waals surface area contributed by atoms with E-state index in [0.717, 1.165) is 13.1 Å². The Hall–Kier alpha value is -1.20. The number of hydrogen-bond donors (Lipinski definition) is 0. The highest BCUT2D eigenvalue weighted by Crippen LogP contribution is 2.45. The van der Waals surface area contributed by atoms with Crippen molar-refractivity contribution in [2.75, 3.05) is 6.54 Å². The molecule has 1 atom stereocenters. The van der Waals surface area contributed by atoms with Crippen molar-refractivity contribution in [1.29, 1.82) is 0 Å². The minimum Gasteiger partial charge on any atom is -0.311 e. The summed E-state index contributed by atoms with van der Waals surface area (Å²) in [7, 11) is 0. The number of halogens is 1. The Morgan fingerprint density at radius 2 is 1.96 bits per heavy atom. The van der Waals surface area contributed by atoms with E-state index in [0.29, 0.717) is 18.0 Å². The third-order valence-corrected chi connectivity index (χ3v) is 5.85. The van der Waals surface area contributed by atoms with Gasteiger partial charge in [-0.2, -0.15) is 0 Å². The fourth-order valence-corrected chi connectivity index (χ4v) is 4.12. The first-order valence-corrected chi connectivity index (χ1v) is 9.52. The van der Waals surface area contributed by atoms with E-state index in [9.17, 15) is 0 Å². The normalized spacial score (nSPS) is 24.7. The lowest BCUT2D eigenvalue weighted by Gasteiger charge is -2.41. The van der Waals surface area contributed by atoms with Gasteiger partial charge in [-0.1, -0.05) is 28.1 Å². The van der Waals surface area contributed by atoms with Crippen LogP contribution in [0, 0.1) is 0 Å². The lowest BCUT2D eigenvalue weighted by atomic mass is 9.95. The summed E-state index contributed by atoms with van der Waals surface area (Å²) in [5.41, 5.74) is 1.41. The average Bonchev–Trinajstić information content (AvgIpc) is 3.42. The molecule has 0 N–H and O–H groups in total. The molecule has 120 valence electrons. The summed E-state index contributed by atoms with van der Waals surface area (Å²) in [6.45, 7) is 2.10. The van der Waals surface area contributed by atoms with Gasteiger partial charge in [0.15, 0.2) is 0 Å². The zero-order valence-corrected chi connectivity index (χ0v) is 14.7. The van der Waals surface area contributed by atoms with E-state index in [-0.39, 0.29) is 0 Å². The van der Waals surface area contributed by atoms with Crippen LogP contribution in [0.2, 0.25) is 0 Å². The summed E-state index contributed by atoms with van der Waals surface area (Å²) in [6, 6.07) is 9.93. The van der Waals surface area contributed by atoms with E-state index in [2.05, 4.69) is 59.9 Å². The van der Waals surface area contributed by atoms with Crippen molar-refractivity contribution in [2.45, 2.75) is 56.7 Å². The van der Waals surface area contributed by atoms with Gasteiger partial charge in [-0.3, -0.25) is 4.90 Å². The summed E-state index contributed by atoms with van der Waals surface area (Å²) in [5, 5.41) is 9.11. The van der Waals surface area contributed by atoms with Crippen LogP contribution < -0.4 is 0 Å². The molecule has 0 spiro atoms. The largest absolute Gasteiger partial charge is 0.311 e. The van der Waals surface area contributed by atoms with Crippen molar-refractivity contribution in [3.63, 3.8) is 0 Å². The Balaban J connectivity index is 1.38. The molecule has 0 bridgehead atoms. The van der Waals surface area contributed by atoms with Crippen LogP contribution in [0.15, 0.2) is 28.7 Å². The van der Waals surface area contributed by atoms with Crippen molar-refractivity contribution in [3.05, 3.63) is 46.0 Å². The Morgan fingerprint density at radius 1 is 1.09 bits per heavy atom. The minimum atomic E-state index is 0.529. The molecule has 1 aromatic carbocycles. The minimum absolute atomic E-state index is 0.529. The molecule has 1 saturated heterocycles. The van der Waals surface area contributed by atoms with E-state index in [1.165, 1.54) is 53.8 Å². The Bertz CT molecular complexity index is 732. The molecule has 1 aromatic heterocycles. The van der Waals surface area contributed by atoms with E-state index in [1.54, 1.807) is 0 Å². The predicted molar refractivity (Wildman–Crippen MR) is 92.2 cm³/mol. The molecule has 5 rings (SSSR count). The van der Waals surface area contributed by atoms with Gasteiger partial charge in [-0.15, -0.1) is 10.2 Å². The van der Waals surface area contributed by atoms with E-state index < -0.39 is 0 Å². The van der Waals surface area contributed by atoms with Gasteiger partial charge < -0.3 is 4.57 Å². The van der Waals surface area contributed by atoms with E-state index in [4.69, 9.17) is 0 Å². The SMILES string of the molecule is Brc1cccc([C@@H]2CCN2Cc2nnc(C3CC3)n2C2CC2)c1. The number of likely N-dealkylation sites (tertiary alicyclic amines) is 1. The predicted octanol–water partition coefficient (Wildman–Crippen LogP) is 4.20. The van der Waals surface area contributed by atoms with Crippen LogP contribution in [-0.4, -0.2) is 26.2 Å². The lowest BCUT2D eigenvalue weighted by Crippen LogP contribution is -2.40. The molecule has 2 heterocycles. The molecular weight excluding hydrogens is 352 g/mol. The Labute approximate surface area is 145 Å². The van der Waals surface area contributed by atoms with Crippen molar-refractivity contribution >= 4 is 15.9 Å². The highest BCUT2D eigenvalue weighted by Gasteiger charge is 2.38. The van der Waals surface area contributed by atoms with Gasteiger partial charge in [-0.05, 0) is 49.8 Å². The summed E-state index contributed by atoms with van der Waals surface area (Å²) >= 11 is 3.59. The summed E-state index contributed by atoms with van der Waals surface area (Å²) in [4.78, 5) is 2.54. The van der Waals surface area contributed by atoms with Crippen LogP contribution in [0.5, 0.6) is 0 Å². The van der Waals surface area contributed by atoms with Crippen LogP contribution >= 0.6 is 15.9 Å². The van der Waals surface area contributed by atoms with Crippen LogP contribution in [0.3, 0.4) is 0 Å². The molecule has 23 heavy (non-hydrogen) atoms. The molecule has 0 unspecified atom stereocenters. The van der Waals surface area contributed by atoms with Crippen LogP contribution in [-0.2, 0) is 6.54 Å². The first-order valence-electron chi connectivity index (χ1n) is 8.73. The van der Waals surface area contributed by atoms with Gasteiger partial charge in [-0.25, -0.2) is 0 Å². The van der Waals surface area contributed by atoms with Crippen LogP contribution in [0.4, 0.5) is 0 Å². The fraction of sp³-hybridized carbons (Fsp3) is 0.556. The lowest BCUT2D eigenvalue weighted by molar-refractivity contribution is 0.0771. The van der Waals surface area contributed by atoms with Gasteiger partial charge in [0.25, 0.3) is 0 Å². The number of rotatable bonds is 5. The van der Waals surface area contributed by atoms with Crippen LogP contribution in [0.1, 0.15) is 67.3 Å². The van der Waals surface area contributed by atoms with Crippen molar-refractivity contribution in [1.82, 2.24) is 19.7 Å². The molecule has 1 aliphatic heterocycles. The Morgan fingerprint density at radius 3 is 2.61 bits per heavy atom. The molecule has 0 amide bonds. The van der Waals surface area contributed by atoms with Crippen LogP contribution in [0.25, 0.3) is 0 Å². The first-order chi connectivity index (χ1) is 11.3.